The molecule has 4 fully saturated rings. The molecule has 4 aliphatic carbocycles. The molecule has 0 unspecified atom stereocenters. The summed E-state index contributed by atoms with van der Waals surface area (Å²) in [4.78, 5) is 12.9. The van der Waals surface area contributed by atoms with Gasteiger partial charge < -0.3 is 9.84 Å². The van der Waals surface area contributed by atoms with Crippen LogP contribution < -0.4 is 0 Å². The number of rotatable bonds is 23. The Kier molecular flexibility index (Phi) is 17.5. The van der Waals surface area contributed by atoms with Crippen LogP contribution in [-0.4, -0.2) is 23.3 Å². The highest BCUT2D eigenvalue weighted by molar-refractivity contribution is 5.69. The third-order valence-electron chi connectivity index (χ3n) is 16.1. The third-order valence-corrected chi connectivity index (χ3v) is 16.1. The molecule has 0 spiro atoms. The number of fused-ring (bicyclic) bond motifs is 5. The molecular formula is C47H86O3. The molecule has 3 heteroatoms. The van der Waals surface area contributed by atoms with E-state index in [1.807, 2.05) is 0 Å². The summed E-state index contributed by atoms with van der Waals surface area (Å²) in [6.45, 7) is 17.3. The van der Waals surface area contributed by atoms with E-state index in [0.717, 1.165) is 74.0 Å². The zero-order chi connectivity index (χ0) is 36.1. The van der Waals surface area contributed by atoms with Gasteiger partial charge in [0.05, 0.1) is 6.10 Å². The minimum atomic E-state index is -0.242. The van der Waals surface area contributed by atoms with Gasteiger partial charge in [0.15, 0.2) is 0 Å². The van der Waals surface area contributed by atoms with Gasteiger partial charge in [-0.3, -0.25) is 4.79 Å². The fourth-order valence-corrected chi connectivity index (χ4v) is 12.9. The Bertz CT molecular complexity index is 960. The van der Waals surface area contributed by atoms with Crippen molar-refractivity contribution in [1.82, 2.24) is 0 Å². The summed E-state index contributed by atoms with van der Waals surface area (Å²) < 4.78 is 6.13. The first-order valence-electron chi connectivity index (χ1n) is 22.9. The van der Waals surface area contributed by atoms with Crippen molar-refractivity contribution in [3.8, 4) is 0 Å². The van der Waals surface area contributed by atoms with Crippen molar-refractivity contribution in [2.24, 2.45) is 58.2 Å². The predicted molar refractivity (Wildman–Crippen MR) is 213 cm³/mol. The van der Waals surface area contributed by atoms with Crippen molar-refractivity contribution in [2.75, 3.05) is 0 Å². The molecule has 0 heterocycles. The Morgan fingerprint density at radius 2 is 1.24 bits per heavy atom. The maximum Gasteiger partial charge on any atom is 0.306 e. The average Bonchev–Trinajstić information content (AvgIpc) is 3.44. The van der Waals surface area contributed by atoms with Crippen LogP contribution in [0.15, 0.2) is 0 Å². The van der Waals surface area contributed by atoms with E-state index in [0.29, 0.717) is 17.8 Å². The van der Waals surface area contributed by atoms with Gasteiger partial charge in [0, 0.05) is 6.42 Å². The Labute approximate surface area is 312 Å². The molecule has 4 rings (SSSR count). The summed E-state index contributed by atoms with van der Waals surface area (Å²) in [5.41, 5.74) is 0.638. The number of aliphatic hydroxyl groups excluding tert-OH is 1. The SMILES string of the molecule is CCCCCCCCCCCCCCCCCC(=O)O[C@H]1CC[C@@]2(C)[C@H](C1)[C@@H](O)C[C@@H]1[C@@H]2CC[C@]2(C)[C@@H]([C@H](C)CC[C@@H](CC)C(C)C)CC[C@@H]12. The Hall–Kier alpha value is -0.570. The molecule has 0 radical (unpaired) electrons. The van der Waals surface area contributed by atoms with Gasteiger partial charge >= 0.3 is 5.97 Å². The molecule has 4 aliphatic rings. The van der Waals surface area contributed by atoms with Crippen LogP contribution in [0.3, 0.4) is 0 Å². The second-order valence-corrected chi connectivity index (χ2v) is 19.6. The monoisotopic (exact) mass is 699 g/mol. The molecule has 4 saturated carbocycles. The van der Waals surface area contributed by atoms with Gasteiger partial charge in [0.1, 0.15) is 6.10 Å². The Morgan fingerprint density at radius 3 is 1.82 bits per heavy atom. The second kappa shape index (κ2) is 20.8. The van der Waals surface area contributed by atoms with Crippen LogP contribution in [-0.2, 0) is 9.53 Å². The number of hydrogen-bond donors (Lipinski definition) is 1. The third kappa shape index (κ3) is 11.0. The quantitative estimate of drug-likeness (QED) is 0.0853. The molecule has 0 amide bonds. The van der Waals surface area contributed by atoms with Crippen LogP contribution in [0.5, 0.6) is 0 Å². The summed E-state index contributed by atoms with van der Waals surface area (Å²) in [5.74, 6) is 5.79. The number of esters is 1. The fourth-order valence-electron chi connectivity index (χ4n) is 12.9. The summed E-state index contributed by atoms with van der Waals surface area (Å²) in [6, 6.07) is 0. The van der Waals surface area contributed by atoms with Gasteiger partial charge in [-0.1, -0.05) is 151 Å². The number of carbonyl (C=O) groups is 1. The molecule has 0 aliphatic heterocycles. The van der Waals surface area contributed by atoms with Crippen LogP contribution in [0.25, 0.3) is 0 Å². The number of ether oxygens (including phenoxy) is 1. The van der Waals surface area contributed by atoms with Gasteiger partial charge in [-0.05, 0) is 122 Å². The smallest absolute Gasteiger partial charge is 0.306 e. The van der Waals surface area contributed by atoms with Crippen LogP contribution in [0, 0.1) is 58.2 Å². The molecule has 0 aromatic carbocycles. The van der Waals surface area contributed by atoms with Gasteiger partial charge in [-0.25, -0.2) is 0 Å². The van der Waals surface area contributed by atoms with Gasteiger partial charge in [-0.15, -0.1) is 0 Å². The highest BCUT2D eigenvalue weighted by Crippen LogP contribution is 2.68. The first kappa shape index (κ1) is 42.2. The first-order valence-corrected chi connectivity index (χ1v) is 22.9. The van der Waals surface area contributed by atoms with Crippen molar-refractivity contribution in [2.45, 2.75) is 234 Å². The Balaban J connectivity index is 1.13. The molecule has 0 aromatic heterocycles. The molecule has 1 N–H and O–H groups in total. The molecule has 11 atom stereocenters. The minimum Gasteiger partial charge on any atom is -0.462 e. The Morgan fingerprint density at radius 1 is 0.680 bits per heavy atom. The van der Waals surface area contributed by atoms with Gasteiger partial charge in [0.25, 0.3) is 0 Å². The molecular weight excluding hydrogens is 613 g/mol. The molecule has 0 aromatic rings. The van der Waals surface area contributed by atoms with Crippen molar-refractivity contribution < 1.29 is 14.6 Å². The summed E-state index contributed by atoms with van der Waals surface area (Å²) in [5, 5.41) is 11.8. The van der Waals surface area contributed by atoms with Crippen LogP contribution >= 0.6 is 0 Å². The van der Waals surface area contributed by atoms with E-state index in [2.05, 4.69) is 48.5 Å². The van der Waals surface area contributed by atoms with Gasteiger partial charge in [0.2, 0.25) is 0 Å². The minimum absolute atomic E-state index is 0.00599. The van der Waals surface area contributed by atoms with Crippen molar-refractivity contribution in [1.29, 1.82) is 0 Å². The standard InChI is InChI=1S/C47H86O3/c1-8-10-11-12-13-14-15-16-17-18-19-20-21-22-23-24-45(49)50-38-29-31-47(7)42-30-32-46(6)40(36(5)25-26-37(9-2)35(3)4)27-28-41(46)39(42)34-44(48)43(47)33-38/h35-44,48H,8-34H2,1-7H3/t36-,37-,38+,39+,40-,41+,42+,43-,44+,46-,47-/m1/s1. The highest BCUT2D eigenvalue weighted by atomic mass is 16.5. The number of hydrogen-bond acceptors (Lipinski definition) is 3. The number of unbranched alkanes of at least 4 members (excludes halogenated alkanes) is 14. The van der Waals surface area contributed by atoms with E-state index >= 15 is 0 Å². The first-order chi connectivity index (χ1) is 24.0. The second-order valence-electron chi connectivity index (χ2n) is 19.6. The van der Waals surface area contributed by atoms with Crippen molar-refractivity contribution in [3.05, 3.63) is 0 Å². The van der Waals surface area contributed by atoms with Crippen molar-refractivity contribution >= 4 is 5.97 Å². The average molecular weight is 699 g/mol. The molecule has 0 saturated heterocycles. The van der Waals surface area contributed by atoms with Gasteiger partial charge in [-0.2, -0.15) is 0 Å². The maximum atomic E-state index is 12.9. The zero-order valence-corrected chi connectivity index (χ0v) is 34.6. The summed E-state index contributed by atoms with van der Waals surface area (Å²) in [7, 11) is 0. The van der Waals surface area contributed by atoms with E-state index < -0.39 is 0 Å². The maximum absolute atomic E-state index is 12.9. The lowest BCUT2D eigenvalue weighted by molar-refractivity contribution is -0.183. The predicted octanol–water partition coefficient (Wildman–Crippen LogP) is 13.9. The molecule has 3 nitrogen and oxygen atoms in total. The van der Waals surface area contributed by atoms with Crippen LogP contribution in [0.4, 0.5) is 0 Å². The lowest BCUT2D eigenvalue weighted by Crippen LogP contribution is -2.58. The number of aliphatic hydroxyl groups is 1. The van der Waals surface area contributed by atoms with Crippen molar-refractivity contribution in [3.63, 3.8) is 0 Å². The lowest BCUT2D eigenvalue weighted by Gasteiger charge is -2.62. The van der Waals surface area contributed by atoms with E-state index in [1.165, 1.54) is 128 Å². The topological polar surface area (TPSA) is 46.5 Å². The van der Waals surface area contributed by atoms with E-state index in [1.54, 1.807) is 0 Å². The summed E-state index contributed by atoms with van der Waals surface area (Å²) in [6.07, 6.45) is 34.0. The largest absolute Gasteiger partial charge is 0.462 e. The summed E-state index contributed by atoms with van der Waals surface area (Å²) >= 11 is 0. The van der Waals surface area contributed by atoms with Crippen LogP contribution in [0.2, 0.25) is 0 Å². The van der Waals surface area contributed by atoms with E-state index in [4.69, 9.17) is 4.74 Å². The highest BCUT2D eigenvalue weighted by Gasteiger charge is 2.62. The van der Waals surface area contributed by atoms with E-state index in [-0.39, 0.29) is 29.5 Å². The number of carbonyl (C=O) groups excluding carboxylic acids is 1. The molecule has 50 heavy (non-hydrogen) atoms. The lowest BCUT2D eigenvalue weighted by atomic mass is 9.43. The van der Waals surface area contributed by atoms with Crippen LogP contribution in [0.1, 0.15) is 222 Å². The molecule has 0 bridgehead atoms. The fraction of sp³-hybridized carbons (Fsp3) is 0.979. The zero-order valence-electron chi connectivity index (χ0n) is 34.6. The van der Waals surface area contributed by atoms with E-state index in [9.17, 15) is 9.90 Å². The molecule has 292 valence electrons. The normalized spacial score (nSPS) is 34.9.